The van der Waals surface area contributed by atoms with E-state index in [1.807, 2.05) is 12.1 Å². The molecule has 0 bridgehead atoms. The summed E-state index contributed by atoms with van der Waals surface area (Å²) in [6.45, 7) is 6.58. The predicted octanol–water partition coefficient (Wildman–Crippen LogP) is 5.53. The fourth-order valence-electron chi connectivity index (χ4n) is 2.50. The van der Waals surface area contributed by atoms with Crippen LogP contribution in [0.25, 0.3) is 6.08 Å². The SMILES string of the molecule is CCCCN(CCCC)c1ccc(C=CC=CC(C#N)=C(C#N)C#N)cc1. The van der Waals surface area contributed by atoms with Crippen molar-refractivity contribution in [2.75, 3.05) is 18.0 Å². The third kappa shape index (κ3) is 7.64. The molecule has 4 heteroatoms. The zero-order valence-corrected chi connectivity index (χ0v) is 16.2. The van der Waals surface area contributed by atoms with E-state index in [0.717, 1.165) is 18.7 Å². The molecule has 0 fully saturated rings. The van der Waals surface area contributed by atoms with Gasteiger partial charge >= 0.3 is 0 Å². The number of benzene rings is 1. The summed E-state index contributed by atoms with van der Waals surface area (Å²) in [5.74, 6) is 0. The van der Waals surface area contributed by atoms with Gasteiger partial charge < -0.3 is 4.90 Å². The van der Waals surface area contributed by atoms with Crippen LogP contribution in [0.2, 0.25) is 0 Å². The molecule has 27 heavy (non-hydrogen) atoms. The van der Waals surface area contributed by atoms with Crippen molar-refractivity contribution < 1.29 is 0 Å². The number of rotatable bonds is 10. The van der Waals surface area contributed by atoms with Gasteiger partial charge in [0.05, 0.1) is 5.57 Å². The van der Waals surface area contributed by atoms with E-state index in [4.69, 9.17) is 15.8 Å². The van der Waals surface area contributed by atoms with Crippen LogP contribution < -0.4 is 4.90 Å². The molecule has 0 aliphatic rings. The molecule has 0 amide bonds. The van der Waals surface area contributed by atoms with Gasteiger partial charge in [0.15, 0.2) is 0 Å². The van der Waals surface area contributed by atoms with Crippen molar-refractivity contribution in [1.29, 1.82) is 15.8 Å². The maximum atomic E-state index is 8.99. The van der Waals surface area contributed by atoms with Crippen molar-refractivity contribution >= 4 is 11.8 Å². The highest BCUT2D eigenvalue weighted by Crippen LogP contribution is 2.18. The maximum Gasteiger partial charge on any atom is 0.147 e. The van der Waals surface area contributed by atoms with Crippen molar-refractivity contribution in [3.8, 4) is 18.2 Å². The first kappa shape index (κ1) is 21.8. The van der Waals surface area contributed by atoms with Crippen molar-refractivity contribution in [3.63, 3.8) is 0 Å². The number of unbranched alkanes of at least 4 members (excludes halogenated alkanes) is 2. The number of nitriles is 3. The minimum Gasteiger partial charge on any atom is -0.372 e. The molecule has 0 saturated carbocycles. The van der Waals surface area contributed by atoms with Crippen LogP contribution in [0.1, 0.15) is 45.1 Å². The van der Waals surface area contributed by atoms with E-state index in [1.165, 1.54) is 37.4 Å². The van der Waals surface area contributed by atoms with Crippen LogP contribution in [0.5, 0.6) is 0 Å². The number of allylic oxidation sites excluding steroid dienone is 5. The van der Waals surface area contributed by atoms with Crippen LogP contribution in [0, 0.1) is 34.0 Å². The molecule has 0 aliphatic heterocycles. The second kappa shape index (κ2) is 13.0. The van der Waals surface area contributed by atoms with Crippen molar-refractivity contribution in [1.82, 2.24) is 0 Å². The van der Waals surface area contributed by atoms with E-state index in [2.05, 4.69) is 43.0 Å². The highest BCUT2D eigenvalue weighted by atomic mass is 15.1. The molecular formula is C23H26N4. The smallest absolute Gasteiger partial charge is 0.147 e. The Bertz CT molecular complexity index is 769. The molecular weight excluding hydrogens is 332 g/mol. The molecule has 0 N–H and O–H groups in total. The van der Waals surface area contributed by atoms with Crippen molar-refractivity contribution in [2.45, 2.75) is 39.5 Å². The number of nitrogens with zero attached hydrogens (tertiary/aromatic N) is 4. The van der Waals surface area contributed by atoms with Gasteiger partial charge in [-0.2, -0.15) is 15.8 Å². The summed E-state index contributed by atoms with van der Waals surface area (Å²) >= 11 is 0. The highest BCUT2D eigenvalue weighted by molar-refractivity contribution is 5.58. The van der Waals surface area contributed by atoms with Gasteiger partial charge in [-0.05, 0) is 36.6 Å². The molecule has 0 atom stereocenters. The van der Waals surface area contributed by atoms with Gasteiger partial charge in [-0.15, -0.1) is 0 Å². The van der Waals surface area contributed by atoms with Crippen LogP contribution in [-0.2, 0) is 0 Å². The normalized spacial score (nSPS) is 10.3. The van der Waals surface area contributed by atoms with Crippen molar-refractivity contribution in [2.24, 2.45) is 0 Å². The number of hydrogen-bond donors (Lipinski definition) is 0. The third-order valence-electron chi connectivity index (χ3n) is 4.10. The molecule has 0 radical (unpaired) electrons. The van der Waals surface area contributed by atoms with E-state index in [0.29, 0.717) is 0 Å². The minimum atomic E-state index is -0.175. The second-order valence-electron chi connectivity index (χ2n) is 6.13. The molecule has 0 unspecified atom stereocenters. The van der Waals surface area contributed by atoms with Crippen LogP contribution in [-0.4, -0.2) is 13.1 Å². The summed E-state index contributed by atoms with van der Waals surface area (Å²) in [4.78, 5) is 2.44. The zero-order valence-electron chi connectivity index (χ0n) is 16.2. The van der Waals surface area contributed by atoms with Crippen LogP contribution >= 0.6 is 0 Å². The Hall–Kier alpha value is -3.29. The van der Waals surface area contributed by atoms with E-state index in [9.17, 15) is 0 Å². The van der Waals surface area contributed by atoms with Crippen LogP contribution in [0.4, 0.5) is 5.69 Å². The van der Waals surface area contributed by atoms with E-state index in [1.54, 1.807) is 24.3 Å². The molecule has 1 rings (SSSR count). The lowest BCUT2D eigenvalue weighted by Gasteiger charge is -2.24. The minimum absolute atomic E-state index is 0.0717. The fraction of sp³-hybridized carbons (Fsp3) is 0.348. The lowest BCUT2D eigenvalue weighted by molar-refractivity contribution is 0.678. The van der Waals surface area contributed by atoms with Gasteiger partial charge in [-0.1, -0.05) is 57.0 Å². The van der Waals surface area contributed by atoms with E-state index < -0.39 is 0 Å². The quantitative estimate of drug-likeness (QED) is 0.407. The summed E-state index contributed by atoms with van der Waals surface area (Å²) in [6, 6.07) is 13.7. The Morgan fingerprint density at radius 3 is 1.96 bits per heavy atom. The van der Waals surface area contributed by atoms with Gasteiger partial charge in [0.1, 0.15) is 23.8 Å². The van der Waals surface area contributed by atoms with Gasteiger partial charge in [0.25, 0.3) is 0 Å². The first-order valence-corrected chi connectivity index (χ1v) is 9.34. The average Bonchev–Trinajstić information content (AvgIpc) is 2.71. The summed E-state index contributed by atoms with van der Waals surface area (Å²) in [5.41, 5.74) is 2.19. The van der Waals surface area contributed by atoms with Gasteiger partial charge in [-0.25, -0.2) is 0 Å². The molecule has 0 saturated heterocycles. The predicted molar refractivity (Wildman–Crippen MR) is 111 cm³/mol. The van der Waals surface area contributed by atoms with Gasteiger partial charge in [0.2, 0.25) is 0 Å². The highest BCUT2D eigenvalue weighted by Gasteiger charge is 2.05. The molecule has 138 valence electrons. The standard InChI is InChI=1S/C23H26N4/c1-3-5-15-27(16-6-4-2)23-13-11-20(12-14-23)9-7-8-10-21(17-24)22(18-25)19-26/h7-14H,3-6,15-16H2,1-2H3. The third-order valence-corrected chi connectivity index (χ3v) is 4.10. The first-order valence-electron chi connectivity index (χ1n) is 9.34. The molecule has 4 nitrogen and oxygen atoms in total. The second-order valence-corrected chi connectivity index (χ2v) is 6.13. The fourth-order valence-corrected chi connectivity index (χ4v) is 2.50. The lowest BCUT2D eigenvalue weighted by Crippen LogP contribution is -2.25. The molecule has 0 spiro atoms. The Kier molecular flexibility index (Phi) is 10.5. The molecule has 0 aromatic heterocycles. The maximum absolute atomic E-state index is 8.99. The number of hydrogen-bond acceptors (Lipinski definition) is 4. The van der Waals surface area contributed by atoms with Gasteiger partial charge in [-0.3, -0.25) is 0 Å². The zero-order chi connectivity index (χ0) is 19.9. The first-order chi connectivity index (χ1) is 13.2. The Balaban J connectivity index is 2.81. The van der Waals surface area contributed by atoms with Gasteiger partial charge in [0, 0.05) is 18.8 Å². The summed E-state index contributed by atoms with van der Waals surface area (Å²) in [7, 11) is 0. The van der Waals surface area contributed by atoms with E-state index in [-0.39, 0.29) is 11.1 Å². The van der Waals surface area contributed by atoms with Crippen LogP contribution in [0.3, 0.4) is 0 Å². The average molecular weight is 358 g/mol. The molecule has 0 heterocycles. The Labute approximate surface area is 163 Å². The molecule has 0 aliphatic carbocycles. The lowest BCUT2D eigenvalue weighted by atomic mass is 10.1. The summed E-state index contributed by atoms with van der Waals surface area (Å²) in [6.07, 6.45) is 11.6. The monoisotopic (exact) mass is 358 g/mol. The molecule has 1 aromatic carbocycles. The molecule has 1 aromatic rings. The largest absolute Gasteiger partial charge is 0.372 e. The Morgan fingerprint density at radius 2 is 1.48 bits per heavy atom. The summed E-state index contributed by atoms with van der Waals surface area (Å²) in [5, 5.41) is 26.6. The number of anilines is 1. The van der Waals surface area contributed by atoms with E-state index >= 15 is 0 Å². The van der Waals surface area contributed by atoms with Crippen LogP contribution in [0.15, 0.2) is 53.6 Å². The summed E-state index contributed by atoms with van der Waals surface area (Å²) < 4.78 is 0. The van der Waals surface area contributed by atoms with Crippen molar-refractivity contribution in [3.05, 3.63) is 59.2 Å². The Morgan fingerprint density at radius 1 is 0.889 bits per heavy atom. The topological polar surface area (TPSA) is 74.6 Å².